The van der Waals surface area contributed by atoms with Crippen molar-refractivity contribution in [3.63, 3.8) is 0 Å². The molecule has 2 nitrogen and oxygen atoms in total. The van der Waals surface area contributed by atoms with Crippen molar-refractivity contribution in [2.45, 2.75) is 19.4 Å². The Bertz CT molecular complexity index is 394. The van der Waals surface area contributed by atoms with Gasteiger partial charge in [0.05, 0.1) is 7.11 Å². The summed E-state index contributed by atoms with van der Waals surface area (Å²) in [6.07, 6.45) is 3.35. The first-order valence-electron chi connectivity index (χ1n) is 5.21. The molecular weight excluding hydrogens is 188 g/mol. The quantitative estimate of drug-likeness (QED) is 0.752. The lowest BCUT2D eigenvalue weighted by Crippen LogP contribution is -2.01. The molecule has 1 unspecified atom stereocenters. The highest BCUT2D eigenvalue weighted by Crippen LogP contribution is 2.39. The number of benzene rings is 1. The molecule has 15 heavy (non-hydrogen) atoms. The minimum atomic E-state index is 0.111. The van der Waals surface area contributed by atoms with Gasteiger partial charge in [0.2, 0.25) is 0 Å². The summed E-state index contributed by atoms with van der Waals surface area (Å²) in [5.41, 5.74) is 3.80. The van der Waals surface area contributed by atoms with Gasteiger partial charge in [-0.25, -0.2) is 0 Å². The molecule has 0 N–H and O–H groups in total. The van der Waals surface area contributed by atoms with Gasteiger partial charge in [-0.3, -0.25) is 0 Å². The maximum Gasteiger partial charge on any atom is 0.119 e. The zero-order chi connectivity index (χ0) is 10.8. The van der Waals surface area contributed by atoms with Crippen LogP contribution in [0.3, 0.4) is 0 Å². The smallest absolute Gasteiger partial charge is 0.119 e. The molecule has 1 atom stereocenters. The lowest BCUT2D eigenvalue weighted by molar-refractivity contribution is 0.133. The van der Waals surface area contributed by atoms with Crippen LogP contribution < -0.4 is 4.74 Å². The first-order chi connectivity index (χ1) is 7.30. The summed E-state index contributed by atoms with van der Waals surface area (Å²) in [4.78, 5) is 0. The lowest BCUT2D eigenvalue weighted by Gasteiger charge is -2.14. The molecule has 2 rings (SSSR count). The van der Waals surface area contributed by atoms with E-state index in [2.05, 4.69) is 25.1 Å². The van der Waals surface area contributed by atoms with Crippen molar-refractivity contribution in [3.05, 3.63) is 34.9 Å². The van der Waals surface area contributed by atoms with Gasteiger partial charge in [-0.1, -0.05) is 19.1 Å². The van der Waals surface area contributed by atoms with Crippen molar-refractivity contribution in [1.82, 2.24) is 0 Å². The molecule has 80 valence electrons. The van der Waals surface area contributed by atoms with E-state index in [1.165, 1.54) is 16.7 Å². The Morgan fingerprint density at radius 3 is 2.67 bits per heavy atom. The van der Waals surface area contributed by atoms with Crippen molar-refractivity contribution >= 4 is 6.08 Å². The molecule has 1 aromatic carbocycles. The first-order valence-corrected chi connectivity index (χ1v) is 5.21. The third-order valence-electron chi connectivity index (χ3n) is 2.90. The Balaban J connectivity index is 2.42. The fraction of sp³-hybridized carbons (Fsp3) is 0.385. The molecule has 0 aliphatic heterocycles. The van der Waals surface area contributed by atoms with Gasteiger partial charge in [-0.05, 0) is 35.3 Å². The molecule has 0 aromatic heterocycles. The number of rotatable bonds is 3. The predicted molar refractivity (Wildman–Crippen MR) is 61.0 cm³/mol. The van der Waals surface area contributed by atoms with E-state index in [0.717, 1.165) is 12.2 Å². The van der Waals surface area contributed by atoms with Crippen molar-refractivity contribution in [1.29, 1.82) is 0 Å². The number of hydrogen-bond donors (Lipinski definition) is 0. The highest BCUT2D eigenvalue weighted by atomic mass is 16.5. The normalized spacial score (nSPS) is 18.6. The summed E-state index contributed by atoms with van der Waals surface area (Å²) in [5.74, 6) is 0.890. The minimum absolute atomic E-state index is 0.111. The average molecular weight is 204 g/mol. The molecule has 1 aliphatic rings. The van der Waals surface area contributed by atoms with Gasteiger partial charge in [0.1, 0.15) is 11.9 Å². The van der Waals surface area contributed by atoms with E-state index in [0.29, 0.717) is 0 Å². The lowest BCUT2D eigenvalue weighted by atomic mass is 10.1. The van der Waals surface area contributed by atoms with Gasteiger partial charge in [0, 0.05) is 7.11 Å². The first kappa shape index (κ1) is 10.2. The van der Waals surface area contributed by atoms with Gasteiger partial charge < -0.3 is 9.47 Å². The van der Waals surface area contributed by atoms with Crippen LogP contribution in [0.2, 0.25) is 0 Å². The van der Waals surface area contributed by atoms with Crippen molar-refractivity contribution < 1.29 is 9.47 Å². The summed E-state index contributed by atoms with van der Waals surface area (Å²) in [5, 5.41) is 0. The summed E-state index contributed by atoms with van der Waals surface area (Å²) < 4.78 is 10.7. The third kappa shape index (κ3) is 1.65. The molecule has 0 radical (unpaired) electrons. The Morgan fingerprint density at radius 1 is 1.27 bits per heavy atom. The molecular formula is C13H16O2. The van der Waals surface area contributed by atoms with Gasteiger partial charge in [-0.2, -0.15) is 0 Å². The molecule has 0 saturated carbocycles. The number of ether oxygens (including phenoxy) is 2. The highest BCUT2D eigenvalue weighted by molar-refractivity contribution is 5.66. The predicted octanol–water partition coefficient (Wildman–Crippen LogP) is 3.19. The fourth-order valence-electron chi connectivity index (χ4n) is 2.08. The van der Waals surface area contributed by atoms with Gasteiger partial charge in [-0.15, -0.1) is 0 Å². The Kier molecular flexibility index (Phi) is 2.78. The second-order valence-corrected chi connectivity index (χ2v) is 3.68. The Hall–Kier alpha value is -1.28. The Morgan fingerprint density at radius 2 is 2.07 bits per heavy atom. The molecule has 0 fully saturated rings. The van der Waals surface area contributed by atoms with Crippen LogP contribution in [0.5, 0.6) is 5.75 Å². The van der Waals surface area contributed by atoms with E-state index in [9.17, 15) is 0 Å². The van der Waals surface area contributed by atoms with Crippen LogP contribution in [-0.2, 0) is 4.74 Å². The molecule has 0 bridgehead atoms. The largest absolute Gasteiger partial charge is 0.497 e. The van der Waals surface area contributed by atoms with Crippen molar-refractivity contribution in [3.8, 4) is 5.75 Å². The summed E-state index contributed by atoms with van der Waals surface area (Å²) in [6.45, 7) is 2.15. The molecule has 1 aliphatic carbocycles. The van der Waals surface area contributed by atoms with Gasteiger partial charge in [0.25, 0.3) is 0 Å². The molecule has 0 saturated heterocycles. The number of fused-ring (bicyclic) bond motifs is 1. The molecule has 1 aromatic rings. The van der Waals surface area contributed by atoms with Crippen LogP contribution in [0.1, 0.15) is 30.6 Å². The molecule has 0 spiro atoms. The van der Waals surface area contributed by atoms with Crippen LogP contribution in [0.4, 0.5) is 0 Å². The Labute approximate surface area is 90.5 Å². The van der Waals surface area contributed by atoms with E-state index in [1.54, 1.807) is 14.2 Å². The van der Waals surface area contributed by atoms with E-state index in [-0.39, 0.29) is 6.10 Å². The maximum absolute atomic E-state index is 5.52. The van der Waals surface area contributed by atoms with E-state index >= 15 is 0 Å². The standard InChI is InChI=1S/C13H16O2/c1-4-9-7-10-5-6-11(14-2)8-12(10)13(9)15-3/h5-8,13H,4H2,1-3H3. The second kappa shape index (κ2) is 4.07. The molecule has 0 amide bonds. The zero-order valence-corrected chi connectivity index (χ0v) is 9.41. The summed E-state index contributed by atoms with van der Waals surface area (Å²) in [6, 6.07) is 6.13. The number of methoxy groups -OCH3 is 2. The monoisotopic (exact) mass is 204 g/mol. The van der Waals surface area contributed by atoms with Gasteiger partial charge >= 0.3 is 0 Å². The maximum atomic E-state index is 5.52. The van der Waals surface area contributed by atoms with E-state index in [1.807, 2.05) is 6.07 Å². The number of hydrogen-bond acceptors (Lipinski definition) is 2. The van der Waals surface area contributed by atoms with Crippen LogP contribution >= 0.6 is 0 Å². The summed E-state index contributed by atoms with van der Waals surface area (Å²) in [7, 11) is 3.44. The van der Waals surface area contributed by atoms with E-state index in [4.69, 9.17) is 9.47 Å². The second-order valence-electron chi connectivity index (χ2n) is 3.68. The van der Waals surface area contributed by atoms with Crippen LogP contribution in [0, 0.1) is 0 Å². The van der Waals surface area contributed by atoms with Crippen molar-refractivity contribution in [2.75, 3.05) is 14.2 Å². The molecule has 2 heteroatoms. The summed E-state index contributed by atoms with van der Waals surface area (Å²) >= 11 is 0. The zero-order valence-electron chi connectivity index (χ0n) is 9.41. The average Bonchev–Trinajstić information content (AvgIpc) is 2.65. The molecule has 0 heterocycles. The highest BCUT2D eigenvalue weighted by Gasteiger charge is 2.23. The topological polar surface area (TPSA) is 18.5 Å². The van der Waals surface area contributed by atoms with E-state index < -0.39 is 0 Å². The fourth-order valence-corrected chi connectivity index (χ4v) is 2.08. The van der Waals surface area contributed by atoms with Crippen molar-refractivity contribution in [2.24, 2.45) is 0 Å². The van der Waals surface area contributed by atoms with Crippen LogP contribution in [0.15, 0.2) is 23.8 Å². The van der Waals surface area contributed by atoms with Gasteiger partial charge in [0.15, 0.2) is 0 Å². The SMILES string of the molecule is CCC1=Cc2ccc(OC)cc2C1OC. The van der Waals surface area contributed by atoms with Crippen LogP contribution in [0.25, 0.3) is 6.08 Å². The minimum Gasteiger partial charge on any atom is -0.497 e. The third-order valence-corrected chi connectivity index (χ3v) is 2.90. The van der Waals surface area contributed by atoms with Crippen LogP contribution in [-0.4, -0.2) is 14.2 Å².